The zero-order valence-corrected chi connectivity index (χ0v) is 22.5. The molecule has 4 rings (SSSR count). The zero-order chi connectivity index (χ0) is 29.5. The summed E-state index contributed by atoms with van der Waals surface area (Å²) in [6.07, 6.45) is -3.49. The van der Waals surface area contributed by atoms with Crippen molar-refractivity contribution in [3.8, 4) is 0 Å². The van der Waals surface area contributed by atoms with E-state index in [2.05, 4.69) is 5.32 Å². The lowest BCUT2D eigenvalue weighted by Crippen LogP contribution is -2.22. The van der Waals surface area contributed by atoms with Gasteiger partial charge in [0.25, 0.3) is 11.8 Å². The number of carbonyl (C=O) groups is 3. The number of alkyl halides is 4. The third-order valence-electron chi connectivity index (χ3n) is 5.90. The first kappa shape index (κ1) is 29.9. The maximum absolute atomic E-state index is 14.7. The van der Waals surface area contributed by atoms with Crippen molar-refractivity contribution in [3.05, 3.63) is 87.2 Å². The minimum atomic E-state index is -3.49. The van der Waals surface area contributed by atoms with Crippen LogP contribution in [-0.2, 0) is 9.59 Å². The summed E-state index contributed by atoms with van der Waals surface area (Å²) >= 11 is 24.6. The van der Waals surface area contributed by atoms with Gasteiger partial charge in [-0.25, -0.2) is 13.2 Å². The fraction of sp³-hybridized carbons (Fsp3) is 0.160. The number of nitrogens with one attached hydrogen (secondary N) is 3. The second-order valence-electron chi connectivity index (χ2n) is 8.52. The van der Waals surface area contributed by atoms with Crippen LogP contribution in [0.5, 0.6) is 0 Å². The Morgan fingerprint density at radius 2 is 1.50 bits per heavy atom. The highest BCUT2D eigenvalue weighted by Crippen LogP contribution is 2.65. The van der Waals surface area contributed by atoms with E-state index in [9.17, 15) is 36.3 Å². The number of rotatable bonds is 7. The molecule has 1 saturated carbocycles. The van der Waals surface area contributed by atoms with Gasteiger partial charge in [-0.05, 0) is 48.0 Å². The van der Waals surface area contributed by atoms with Crippen LogP contribution in [0.25, 0.3) is 0 Å². The van der Waals surface area contributed by atoms with E-state index in [1.54, 1.807) is 11.4 Å². The van der Waals surface area contributed by atoms with Crippen LogP contribution in [0.1, 0.15) is 21.8 Å². The number of carbonyl (C=O) groups excluding carboxylic acids is 3. The predicted molar refractivity (Wildman–Crippen MR) is 141 cm³/mol. The molecule has 210 valence electrons. The summed E-state index contributed by atoms with van der Waals surface area (Å²) in [7, 11) is 0. The zero-order valence-electron chi connectivity index (χ0n) is 19.5. The van der Waals surface area contributed by atoms with Gasteiger partial charge in [0.1, 0.15) is 21.7 Å². The van der Waals surface area contributed by atoms with Crippen molar-refractivity contribution >= 4 is 81.2 Å². The van der Waals surface area contributed by atoms with Crippen LogP contribution in [0.3, 0.4) is 0 Å². The van der Waals surface area contributed by atoms with Crippen LogP contribution >= 0.6 is 46.4 Å². The van der Waals surface area contributed by atoms with E-state index in [1.807, 2.05) is 0 Å². The lowest BCUT2D eigenvalue weighted by atomic mass is 10.1. The fourth-order valence-electron chi connectivity index (χ4n) is 3.90. The largest absolute Gasteiger partial charge is 0.326 e. The van der Waals surface area contributed by atoms with Crippen LogP contribution in [0, 0.1) is 23.4 Å². The van der Waals surface area contributed by atoms with Gasteiger partial charge in [0.2, 0.25) is 5.91 Å². The quantitative estimate of drug-likeness (QED) is 0.186. The Balaban J connectivity index is 1.52. The molecule has 15 heteroatoms. The topological polar surface area (TPSA) is 87.3 Å². The molecule has 0 aliphatic heterocycles. The molecular weight excluding hydrogens is 627 g/mol. The first-order chi connectivity index (χ1) is 18.7. The van der Waals surface area contributed by atoms with Crippen LogP contribution in [0.2, 0.25) is 10.0 Å². The highest BCUT2D eigenvalue weighted by Gasteiger charge is 2.67. The number of anilines is 3. The van der Waals surface area contributed by atoms with E-state index in [-0.39, 0.29) is 15.7 Å². The van der Waals surface area contributed by atoms with Gasteiger partial charge in [0, 0.05) is 11.6 Å². The molecular formula is C25H14Cl4F5N3O3. The Morgan fingerprint density at radius 1 is 0.825 bits per heavy atom. The molecule has 0 radical (unpaired) electrons. The molecule has 6 nitrogen and oxygen atoms in total. The smallest absolute Gasteiger partial charge is 0.315 e. The van der Waals surface area contributed by atoms with E-state index in [0.29, 0.717) is 17.7 Å². The molecule has 0 bridgehead atoms. The number of hydrogen-bond donors (Lipinski definition) is 3. The highest BCUT2D eigenvalue weighted by molar-refractivity contribution is 6.53. The molecule has 2 atom stereocenters. The van der Waals surface area contributed by atoms with Crippen LogP contribution < -0.4 is 16.0 Å². The number of hydrogen-bond acceptors (Lipinski definition) is 3. The average molecular weight is 641 g/mol. The van der Waals surface area contributed by atoms with Crippen LogP contribution in [-0.4, -0.2) is 28.5 Å². The summed E-state index contributed by atoms with van der Waals surface area (Å²) in [5.41, 5.74) is -2.27. The van der Waals surface area contributed by atoms with Gasteiger partial charge in [-0.1, -0.05) is 29.3 Å². The van der Waals surface area contributed by atoms with Gasteiger partial charge in [0.15, 0.2) is 5.82 Å². The molecule has 1 unspecified atom stereocenters. The molecule has 1 fully saturated rings. The number of amides is 3. The molecule has 0 heterocycles. The molecule has 3 aromatic rings. The summed E-state index contributed by atoms with van der Waals surface area (Å²) in [4.78, 5) is 36.8. The van der Waals surface area contributed by atoms with Crippen molar-refractivity contribution in [1.82, 2.24) is 0 Å². The minimum Gasteiger partial charge on any atom is -0.326 e. The Labute approximate surface area is 242 Å². The Bertz CT molecular complexity index is 1540. The molecule has 1 aliphatic carbocycles. The third kappa shape index (κ3) is 5.97. The minimum absolute atomic E-state index is 0.0839. The SMILES string of the molecule is O=C(Nc1c(F)ccc(NC(=O)C(F)F)c1F)c1cc(NC(=O)C2[C@H](c3ccc(Cl)c(Cl)c3)C2(Cl)Cl)ccc1F. The summed E-state index contributed by atoms with van der Waals surface area (Å²) in [6, 6.07) is 8.69. The monoisotopic (exact) mass is 639 g/mol. The van der Waals surface area contributed by atoms with E-state index in [0.717, 1.165) is 18.2 Å². The maximum Gasteiger partial charge on any atom is 0.315 e. The fourth-order valence-corrected chi connectivity index (χ4v) is 5.04. The van der Waals surface area contributed by atoms with Crippen molar-refractivity contribution in [3.63, 3.8) is 0 Å². The molecule has 1 aliphatic rings. The van der Waals surface area contributed by atoms with E-state index >= 15 is 0 Å². The van der Waals surface area contributed by atoms with Gasteiger partial charge < -0.3 is 16.0 Å². The van der Waals surface area contributed by atoms with Gasteiger partial charge >= 0.3 is 6.43 Å². The van der Waals surface area contributed by atoms with E-state index in [1.165, 1.54) is 17.4 Å². The first-order valence-electron chi connectivity index (χ1n) is 11.0. The lowest BCUT2D eigenvalue weighted by Gasteiger charge is -2.13. The maximum atomic E-state index is 14.7. The summed E-state index contributed by atoms with van der Waals surface area (Å²) in [5, 5.41) is 6.29. The predicted octanol–water partition coefficient (Wildman–Crippen LogP) is 7.39. The van der Waals surface area contributed by atoms with Gasteiger partial charge in [-0.2, -0.15) is 8.78 Å². The molecule has 3 aromatic carbocycles. The average Bonchev–Trinajstić information content (AvgIpc) is 3.47. The standard InChI is InChI=1S/C25H14Cl4F5N3O3/c26-12-3-1-9(7-13(12)27)17-18(25(17,28)29)23(39)35-10-2-4-14(30)11(8-10)22(38)37-20-15(31)5-6-16(19(20)32)36-24(40)21(33)34/h1-8,17-18,21H,(H,35,39)(H,36,40)(H,37,38)/t17-,18?/m0/s1. The normalized spacial score (nSPS) is 17.4. The van der Waals surface area contributed by atoms with Gasteiger partial charge in [0.05, 0.1) is 27.2 Å². The van der Waals surface area contributed by atoms with Crippen molar-refractivity contribution in [2.24, 2.45) is 5.92 Å². The molecule has 0 aromatic heterocycles. The van der Waals surface area contributed by atoms with Gasteiger partial charge in [-0.15, -0.1) is 23.2 Å². The Hall–Kier alpha value is -3.12. The van der Waals surface area contributed by atoms with E-state index < -0.39 is 74.7 Å². The van der Waals surface area contributed by atoms with E-state index in [4.69, 9.17) is 46.4 Å². The molecule has 3 amide bonds. The molecule has 0 saturated heterocycles. The molecule has 40 heavy (non-hydrogen) atoms. The first-order valence-corrected chi connectivity index (χ1v) is 12.5. The number of halogens is 9. The van der Waals surface area contributed by atoms with Crippen molar-refractivity contribution in [1.29, 1.82) is 0 Å². The van der Waals surface area contributed by atoms with Crippen LogP contribution in [0.4, 0.5) is 39.0 Å². The lowest BCUT2D eigenvalue weighted by molar-refractivity contribution is -0.126. The molecule has 3 N–H and O–H groups in total. The van der Waals surface area contributed by atoms with Crippen molar-refractivity contribution in [2.75, 3.05) is 16.0 Å². The second-order valence-corrected chi connectivity index (χ2v) is 10.8. The second kappa shape index (κ2) is 11.4. The summed E-state index contributed by atoms with van der Waals surface area (Å²) in [5.74, 6) is -9.59. The molecule has 0 spiro atoms. The highest BCUT2D eigenvalue weighted by atomic mass is 35.5. The number of benzene rings is 3. The summed E-state index contributed by atoms with van der Waals surface area (Å²) in [6.45, 7) is 0. The Morgan fingerprint density at radius 3 is 2.15 bits per heavy atom. The van der Waals surface area contributed by atoms with Gasteiger partial charge in [-0.3, -0.25) is 14.4 Å². The third-order valence-corrected chi connectivity index (χ3v) is 7.58. The van der Waals surface area contributed by atoms with Crippen molar-refractivity contribution < 1.29 is 36.3 Å². The van der Waals surface area contributed by atoms with Crippen LogP contribution in [0.15, 0.2) is 48.5 Å². The summed E-state index contributed by atoms with van der Waals surface area (Å²) < 4.78 is 66.9. The van der Waals surface area contributed by atoms with Crippen molar-refractivity contribution in [2.45, 2.75) is 16.7 Å². The Kier molecular flexibility index (Phi) is 8.51.